The molecule has 0 fully saturated rings. The van der Waals surface area contributed by atoms with Gasteiger partial charge in [0.25, 0.3) is 0 Å². The summed E-state index contributed by atoms with van der Waals surface area (Å²) in [6.07, 6.45) is 6.74. The third-order valence-corrected chi connectivity index (χ3v) is 2.70. The quantitative estimate of drug-likeness (QED) is 0.656. The Bertz CT molecular complexity index is 448. The van der Waals surface area contributed by atoms with Gasteiger partial charge >= 0.3 is 6.09 Å². The summed E-state index contributed by atoms with van der Waals surface area (Å²) in [6.45, 7) is 2.30. The number of hydrogen-bond donors (Lipinski definition) is 1. The minimum absolute atomic E-state index is 0.383. The van der Waals surface area contributed by atoms with E-state index in [9.17, 15) is 4.79 Å². The third-order valence-electron chi connectivity index (χ3n) is 1.86. The Balaban J connectivity index is 2.41. The molecule has 1 amide bonds. The first-order chi connectivity index (χ1) is 8.72. The van der Waals surface area contributed by atoms with Crippen molar-refractivity contribution in [2.45, 2.75) is 13.3 Å². The van der Waals surface area contributed by atoms with Crippen molar-refractivity contribution in [3.05, 3.63) is 40.2 Å². The molecule has 2 N–H and O–H groups in total. The fourth-order valence-corrected chi connectivity index (χ4v) is 1.65. The third kappa shape index (κ3) is 6.00. The van der Waals surface area contributed by atoms with Crippen LogP contribution < -0.4 is 5.73 Å². The van der Waals surface area contributed by atoms with Crippen molar-refractivity contribution in [3.63, 3.8) is 0 Å². The van der Waals surface area contributed by atoms with E-state index >= 15 is 0 Å². The number of thiophene rings is 1. The fourth-order valence-electron chi connectivity index (χ4n) is 1.03. The van der Waals surface area contributed by atoms with Crippen LogP contribution in [0.2, 0.25) is 0 Å². The van der Waals surface area contributed by atoms with E-state index in [-0.39, 0.29) is 0 Å². The van der Waals surface area contributed by atoms with Crippen molar-refractivity contribution in [1.29, 1.82) is 0 Å². The van der Waals surface area contributed by atoms with Crippen LogP contribution in [0.25, 0.3) is 6.08 Å². The summed E-state index contributed by atoms with van der Waals surface area (Å²) in [5.41, 5.74) is 6.24. The van der Waals surface area contributed by atoms with Gasteiger partial charge in [0.15, 0.2) is 0 Å². The minimum atomic E-state index is -0.594. The van der Waals surface area contributed by atoms with E-state index in [1.807, 2.05) is 30.5 Å². The van der Waals surface area contributed by atoms with Gasteiger partial charge in [-0.25, -0.2) is 4.79 Å². The Morgan fingerprint density at radius 2 is 2.44 bits per heavy atom. The molecule has 0 aliphatic heterocycles. The second-order valence-electron chi connectivity index (χ2n) is 3.41. The summed E-state index contributed by atoms with van der Waals surface area (Å²) < 4.78 is 4.77. The molecule has 1 heterocycles. The van der Waals surface area contributed by atoms with E-state index in [4.69, 9.17) is 10.5 Å². The largest absolute Gasteiger partial charge is 0.448 e. The van der Waals surface area contributed by atoms with Gasteiger partial charge in [-0.2, -0.15) is 4.99 Å². The molecular formula is C13H16N2O2S. The van der Waals surface area contributed by atoms with Crippen molar-refractivity contribution in [1.82, 2.24) is 0 Å². The second kappa shape index (κ2) is 8.25. The van der Waals surface area contributed by atoms with E-state index in [2.05, 4.69) is 4.99 Å². The Labute approximate surface area is 110 Å². The van der Waals surface area contributed by atoms with Crippen molar-refractivity contribution < 1.29 is 9.53 Å². The molecular weight excluding hydrogens is 248 g/mol. The van der Waals surface area contributed by atoms with Crippen LogP contribution in [0.15, 0.2) is 40.4 Å². The molecule has 1 aromatic heterocycles. The molecule has 1 aromatic rings. The molecule has 0 aliphatic rings. The standard InChI is InChI=1S/C13H16N2O2S/c1-2-9-17-13(16)15-8-7-11(14)5-6-12-4-3-10-18-12/h3-8,10H,2,9,14H2,1H3/b6-5+,11-7-,15-8+. The van der Waals surface area contributed by atoms with Crippen LogP contribution in [0, 0.1) is 0 Å². The molecule has 0 aliphatic carbocycles. The zero-order valence-electron chi connectivity index (χ0n) is 10.2. The highest BCUT2D eigenvalue weighted by atomic mass is 32.1. The number of aliphatic imine (C=N–C) groups is 1. The molecule has 96 valence electrons. The smallest absolute Gasteiger partial charge is 0.433 e. The molecule has 0 aromatic carbocycles. The molecule has 5 heteroatoms. The highest BCUT2D eigenvalue weighted by molar-refractivity contribution is 7.10. The second-order valence-corrected chi connectivity index (χ2v) is 4.39. The summed E-state index contributed by atoms with van der Waals surface area (Å²) >= 11 is 1.63. The Kier molecular flexibility index (Phi) is 6.50. The lowest BCUT2D eigenvalue weighted by Crippen LogP contribution is -2.00. The maximum Gasteiger partial charge on any atom is 0.433 e. The number of carbonyl (C=O) groups is 1. The Hall–Kier alpha value is -1.88. The molecule has 4 nitrogen and oxygen atoms in total. The fraction of sp³-hybridized carbons (Fsp3) is 0.231. The number of nitrogens with two attached hydrogens (primary N) is 1. The Morgan fingerprint density at radius 3 is 3.11 bits per heavy atom. The first-order valence-electron chi connectivity index (χ1n) is 5.60. The van der Waals surface area contributed by atoms with E-state index in [1.54, 1.807) is 23.5 Å². The van der Waals surface area contributed by atoms with Gasteiger partial charge in [-0.05, 0) is 36.1 Å². The van der Waals surface area contributed by atoms with Gasteiger partial charge in [-0.15, -0.1) is 11.3 Å². The lowest BCUT2D eigenvalue weighted by Gasteiger charge is -1.95. The molecule has 1 rings (SSSR count). The van der Waals surface area contributed by atoms with Crippen molar-refractivity contribution in [3.8, 4) is 0 Å². The lowest BCUT2D eigenvalue weighted by molar-refractivity contribution is 0.157. The highest BCUT2D eigenvalue weighted by Crippen LogP contribution is 2.10. The maximum absolute atomic E-state index is 11.0. The SMILES string of the molecule is CCCOC(=O)/N=C/C=C(N)/C=C/c1cccs1. The summed E-state index contributed by atoms with van der Waals surface area (Å²) in [4.78, 5) is 15.7. The van der Waals surface area contributed by atoms with Crippen molar-refractivity contribution in [2.75, 3.05) is 6.61 Å². The van der Waals surface area contributed by atoms with E-state index in [0.29, 0.717) is 12.3 Å². The molecule has 0 spiro atoms. The molecule has 0 saturated carbocycles. The number of nitrogens with zero attached hydrogens (tertiary/aromatic N) is 1. The summed E-state index contributed by atoms with van der Waals surface area (Å²) in [5.74, 6) is 0. The van der Waals surface area contributed by atoms with Crippen LogP contribution in [-0.2, 0) is 4.74 Å². The minimum Gasteiger partial charge on any atom is -0.448 e. The van der Waals surface area contributed by atoms with Gasteiger partial charge in [-0.3, -0.25) is 0 Å². The zero-order chi connectivity index (χ0) is 13.2. The summed E-state index contributed by atoms with van der Waals surface area (Å²) in [5, 5.41) is 1.99. The van der Waals surface area contributed by atoms with E-state index in [0.717, 1.165) is 11.3 Å². The van der Waals surface area contributed by atoms with Gasteiger partial charge < -0.3 is 10.5 Å². The number of amides is 1. The number of rotatable bonds is 5. The molecule has 0 atom stereocenters. The van der Waals surface area contributed by atoms with E-state index in [1.165, 1.54) is 6.21 Å². The number of carbonyl (C=O) groups excluding carboxylic acids is 1. The van der Waals surface area contributed by atoms with Crippen LogP contribution in [0.4, 0.5) is 4.79 Å². The predicted octanol–water partition coefficient (Wildman–Crippen LogP) is 3.22. The van der Waals surface area contributed by atoms with Crippen LogP contribution in [0.1, 0.15) is 18.2 Å². The van der Waals surface area contributed by atoms with Crippen molar-refractivity contribution in [2.24, 2.45) is 10.7 Å². The van der Waals surface area contributed by atoms with Crippen molar-refractivity contribution >= 4 is 29.7 Å². The molecule has 0 saturated heterocycles. The lowest BCUT2D eigenvalue weighted by atomic mass is 10.3. The average Bonchev–Trinajstić information content (AvgIpc) is 2.87. The number of allylic oxidation sites excluding steroid dienone is 2. The van der Waals surface area contributed by atoms with Crippen LogP contribution >= 0.6 is 11.3 Å². The molecule has 18 heavy (non-hydrogen) atoms. The Morgan fingerprint density at radius 1 is 1.61 bits per heavy atom. The molecule has 0 unspecified atom stereocenters. The summed E-state index contributed by atoms with van der Waals surface area (Å²) in [6, 6.07) is 3.96. The first-order valence-corrected chi connectivity index (χ1v) is 6.48. The van der Waals surface area contributed by atoms with Crippen LogP contribution in [0.5, 0.6) is 0 Å². The van der Waals surface area contributed by atoms with Gasteiger partial charge in [-0.1, -0.05) is 13.0 Å². The normalized spacial score (nSPS) is 12.4. The zero-order valence-corrected chi connectivity index (χ0v) is 11.0. The van der Waals surface area contributed by atoms with Crippen LogP contribution in [-0.4, -0.2) is 18.9 Å². The highest BCUT2D eigenvalue weighted by Gasteiger charge is 1.94. The van der Waals surface area contributed by atoms with Gasteiger partial charge in [0.1, 0.15) is 0 Å². The average molecular weight is 264 g/mol. The monoisotopic (exact) mass is 264 g/mol. The van der Waals surface area contributed by atoms with Gasteiger partial charge in [0, 0.05) is 16.8 Å². The van der Waals surface area contributed by atoms with Crippen LogP contribution in [0.3, 0.4) is 0 Å². The first kappa shape index (κ1) is 14.2. The predicted molar refractivity (Wildman–Crippen MR) is 75.8 cm³/mol. The van der Waals surface area contributed by atoms with Gasteiger partial charge in [0.05, 0.1) is 6.61 Å². The van der Waals surface area contributed by atoms with Gasteiger partial charge in [0.2, 0.25) is 0 Å². The molecule has 0 radical (unpaired) electrons. The number of ether oxygens (including phenoxy) is 1. The van der Waals surface area contributed by atoms with E-state index < -0.39 is 6.09 Å². The molecule has 0 bridgehead atoms. The number of hydrogen-bond acceptors (Lipinski definition) is 4. The maximum atomic E-state index is 11.0. The topological polar surface area (TPSA) is 64.7 Å². The summed E-state index contributed by atoms with van der Waals surface area (Å²) in [7, 11) is 0.